The van der Waals surface area contributed by atoms with Gasteiger partial charge in [0.25, 0.3) is 0 Å². The molecule has 294 valence electrons. The molecule has 0 spiro atoms. The van der Waals surface area contributed by atoms with Crippen molar-refractivity contribution in [2.75, 3.05) is 0 Å². The van der Waals surface area contributed by atoms with Gasteiger partial charge in [-0.15, -0.1) is 0 Å². The van der Waals surface area contributed by atoms with E-state index in [-0.39, 0.29) is 0 Å². The molecule has 6 heteroatoms. The summed E-state index contributed by atoms with van der Waals surface area (Å²) in [6.07, 6.45) is 0. The van der Waals surface area contributed by atoms with Gasteiger partial charge in [0.1, 0.15) is 0 Å². The van der Waals surface area contributed by atoms with Crippen LogP contribution in [0.4, 0.5) is 0 Å². The summed E-state index contributed by atoms with van der Waals surface area (Å²) >= 11 is 0. The van der Waals surface area contributed by atoms with Crippen LogP contribution < -0.4 is 0 Å². The van der Waals surface area contributed by atoms with Gasteiger partial charge in [-0.25, -0.2) is 15.0 Å². The molecule has 0 bridgehead atoms. The maximum absolute atomic E-state index is 5.20. The zero-order valence-electron chi connectivity index (χ0n) is 34.0. The van der Waals surface area contributed by atoms with Crippen LogP contribution in [0.5, 0.6) is 0 Å². The van der Waals surface area contributed by atoms with E-state index in [1.807, 2.05) is 36.4 Å². The van der Waals surface area contributed by atoms with Crippen LogP contribution in [0.1, 0.15) is 0 Å². The summed E-state index contributed by atoms with van der Waals surface area (Å²) in [6.45, 7) is 0. The van der Waals surface area contributed by atoms with Gasteiger partial charge in [0.05, 0.1) is 38.8 Å². The van der Waals surface area contributed by atoms with Gasteiger partial charge >= 0.3 is 0 Å². The summed E-state index contributed by atoms with van der Waals surface area (Å²) in [6, 6.07) is 77.5. The summed E-state index contributed by atoms with van der Waals surface area (Å²) < 4.78 is 7.19. The van der Waals surface area contributed by atoms with E-state index in [9.17, 15) is 0 Å². The van der Waals surface area contributed by atoms with Gasteiger partial charge in [-0.05, 0) is 72.8 Å². The Morgan fingerprint density at radius 1 is 0.254 bits per heavy atom. The molecule has 0 N–H and O–H groups in total. The lowest BCUT2D eigenvalue weighted by Crippen LogP contribution is -2.03. The minimum atomic E-state index is 0.608. The Balaban J connectivity index is 1.10. The molecule has 13 rings (SSSR count). The van der Waals surface area contributed by atoms with Crippen molar-refractivity contribution in [3.8, 4) is 51.2 Å². The monoisotopic (exact) mass is 804 g/mol. The summed E-state index contributed by atoms with van der Waals surface area (Å²) in [5, 5.41) is 7.24. The first-order chi connectivity index (χ1) is 31.3. The van der Waals surface area contributed by atoms with Crippen LogP contribution in [0.15, 0.2) is 218 Å². The Morgan fingerprint density at radius 2 is 0.603 bits per heavy atom. The van der Waals surface area contributed by atoms with E-state index in [0.29, 0.717) is 17.5 Å². The fourth-order valence-corrected chi connectivity index (χ4v) is 9.73. The van der Waals surface area contributed by atoms with Crippen LogP contribution in [-0.2, 0) is 0 Å². The number of nitrogens with zero attached hydrogens (tertiary/aromatic N) is 6. The minimum absolute atomic E-state index is 0.608. The summed E-state index contributed by atoms with van der Waals surface area (Å²) in [5.41, 5.74) is 12.8. The zero-order chi connectivity index (χ0) is 41.4. The number of para-hydroxylation sites is 5. The maximum Gasteiger partial charge on any atom is 0.166 e. The molecule has 0 radical (unpaired) electrons. The van der Waals surface area contributed by atoms with Crippen molar-refractivity contribution in [1.82, 2.24) is 28.7 Å². The van der Waals surface area contributed by atoms with E-state index < -0.39 is 0 Å². The predicted molar refractivity (Wildman–Crippen MR) is 259 cm³/mol. The number of aromatic nitrogens is 6. The van der Waals surface area contributed by atoms with Gasteiger partial charge < -0.3 is 13.7 Å². The molecule has 0 saturated carbocycles. The third-order valence-corrected chi connectivity index (χ3v) is 12.5. The molecular formula is C57H36N6. The molecule has 0 atom stereocenters. The highest BCUT2D eigenvalue weighted by Gasteiger charge is 2.22. The highest BCUT2D eigenvalue weighted by molar-refractivity contribution is 6.14. The standard InChI is InChI=1S/C57H36N6/c1-3-17-37(18-4-1)55-58-56(38-19-5-2-6-20-38)60-57(59-55)45-25-11-16-30-52(45)63-53-33-31-39(61-48-26-12-7-21-41(48)42-22-8-13-27-49(42)61)35-46(53)47-36-40(32-34-54(47)63)62-50-28-14-9-23-43(50)44-24-10-15-29-51(44)62/h1-36H. The number of hydrogen-bond donors (Lipinski definition) is 0. The van der Waals surface area contributed by atoms with E-state index in [4.69, 9.17) is 15.0 Å². The average molecular weight is 805 g/mol. The number of hydrogen-bond acceptors (Lipinski definition) is 3. The lowest BCUT2D eigenvalue weighted by molar-refractivity contribution is 1.06. The van der Waals surface area contributed by atoms with Crippen molar-refractivity contribution >= 4 is 65.4 Å². The van der Waals surface area contributed by atoms with Crippen molar-refractivity contribution in [3.63, 3.8) is 0 Å². The second-order valence-corrected chi connectivity index (χ2v) is 16.0. The smallest absolute Gasteiger partial charge is 0.166 e. The molecule has 13 aromatic rings. The Kier molecular flexibility index (Phi) is 7.80. The van der Waals surface area contributed by atoms with E-state index in [0.717, 1.165) is 55.6 Å². The number of benzene rings is 9. The Hall–Kier alpha value is -8.61. The van der Waals surface area contributed by atoms with Crippen LogP contribution in [0.25, 0.3) is 117 Å². The predicted octanol–water partition coefficient (Wildman–Crippen LogP) is 14.2. The highest BCUT2D eigenvalue weighted by Crippen LogP contribution is 2.41. The topological polar surface area (TPSA) is 53.5 Å². The van der Waals surface area contributed by atoms with Crippen molar-refractivity contribution in [2.24, 2.45) is 0 Å². The lowest BCUT2D eigenvalue weighted by atomic mass is 10.1. The molecule has 4 aromatic heterocycles. The maximum atomic E-state index is 5.20. The Labute approximate surface area is 362 Å². The SMILES string of the molecule is c1ccc(-c2nc(-c3ccccc3)nc(-c3ccccc3-n3c4ccc(-n5c6ccccc6c6ccccc65)cc4c4cc(-n5c6ccccc6c6ccccc65)ccc43)n2)cc1. The Bertz CT molecular complexity index is 3580. The highest BCUT2D eigenvalue weighted by atomic mass is 15.1. The zero-order valence-corrected chi connectivity index (χ0v) is 34.0. The van der Waals surface area contributed by atoms with Crippen LogP contribution in [0.3, 0.4) is 0 Å². The van der Waals surface area contributed by atoms with Gasteiger partial charge in [0.2, 0.25) is 0 Å². The first kappa shape index (κ1) is 35.2. The fourth-order valence-electron chi connectivity index (χ4n) is 9.73. The van der Waals surface area contributed by atoms with Gasteiger partial charge in [-0.1, -0.05) is 146 Å². The average Bonchev–Trinajstić information content (AvgIpc) is 3.99. The quantitative estimate of drug-likeness (QED) is 0.168. The summed E-state index contributed by atoms with van der Waals surface area (Å²) in [7, 11) is 0. The second kappa shape index (κ2) is 14.0. The van der Waals surface area contributed by atoms with Crippen molar-refractivity contribution in [1.29, 1.82) is 0 Å². The lowest BCUT2D eigenvalue weighted by Gasteiger charge is -2.15. The van der Waals surface area contributed by atoms with Crippen LogP contribution in [0.2, 0.25) is 0 Å². The molecule has 4 heterocycles. The van der Waals surface area contributed by atoms with Gasteiger partial charge in [0, 0.05) is 60.4 Å². The molecular weight excluding hydrogens is 769 g/mol. The van der Waals surface area contributed by atoms with Gasteiger partial charge in [0.15, 0.2) is 17.5 Å². The van der Waals surface area contributed by atoms with Crippen molar-refractivity contribution in [3.05, 3.63) is 218 Å². The van der Waals surface area contributed by atoms with E-state index >= 15 is 0 Å². The van der Waals surface area contributed by atoms with Crippen LogP contribution in [-0.4, -0.2) is 28.7 Å². The minimum Gasteiger partial charge on any atom is -0.309 e. The summed E-state index contributed by atoms with van der Waals surface area (Å²) in [5.74, 6) is 1.86. The van der Waals surface area contributed by atoms with E-state index in [1.54, 1.807) is 0 Å². The molecule has 63 heavy (non-hydrogen) atoms. The van der Waals surface area contributed by atoms with Crippen molar-refractivity contribution in [2.45, 2.75) is 0 Å². The normalized spacial score (nSPS) is 11.8. The molecule has 9 aromatic carbocycles. The van der Waals surface area contributed by atoms with Crippen LogP contribution >= 0.6 is 0 Å². The third kappa shape index (κ3) is 5.48. The van der Waals surface area contributed by atoms with E-state index in [1.165, 1.54) is 43.6 Å². The van der Waals surface area contributed by atoms with Crippen molar-refractivity contribution < 1.29 is 0 Å². The van der Waals surface area contributed by atoms with E-state index in [2.05, 4.69) is 196 Å². The fraction of sp³-hybridized carbons (Fsp3) is 0. The summed E-state index contributed by atoms with van der Waals surface area (Å²) in [4.78, 5) is 15.4. The molecule has 0 aliphatic carbocycles. The molecule has 0 saturated heterocycles. The van der Waals surface area contributed by atoms with Gasteiger partial charge in [-0.2, -0.15) is 0 Å². The van der Waals surface area contributed by atoms with Gasteiger partial charge in [-0.3, -0.25) is 0 Å². The molecule has 0 fully saturated rings. The molecule has 0 aliphatic heterocycles. The molecule has 0 amide bonds. The largest absolute Gasteiger partial charge is 0.309 e. The second-order valence-electron chi connectivity index (χ2n) is 16.0. The first-order valence-electron chi connectivity index (χ1n) is 21.3. The Morgan fingerprint density at radius 3 is 1.05 bits per heavy atom. The number of fused-ring (bicyclic) bond motifs is 9. The first-order valence-corrected chi connectivity index (χ1v) is 21.3. The molecule has 0 unspecified atom stereocenters. The third-order valence-electron chi connectivity index (χ3n) is 12.5. The molecule has 0 aliphatic rings. The molecule has 6 nitrogen and oxygen atoms in total. The van der Waals surface area contributed by atoms with Crippen LogP contribution in [0, 0.1) is 0 Å². The number of rotatable bonds is 6.